The highest BCUT2D eigenvalue weighted by atomic mass is 79.9. The van der Waals surface area contributed by atoms with Gasteiger partial charge in [-0.2, -0.15) is 0 Å². The first-order valence-corrected chi connectivity index (χ1v) is 18.2. The number of halogens is 2. The van der Waals surface area contributed by atoms with Gasteiger partial charge in [0.25, 0.3) is 0 Å². The molecule has 0 spiro atoms. The Morgan fingerprint density at radius 2 is 0.646 bits per heavy atom. The molecule has 0 unspecified atom stereocenters. The Bertz CT molecular complexity index is 1630. The van der Waals surface area contributed by atoms with E-state index in [9.17, 15) is 0 Å². The van der Waals surface area contributed by atoms with Crippen molar-refractivity contribution >= 4 is 43.6 Å². The quantitative estimate of drug-likeness (QED) is 0.0985. The maximum absolute atomic E-state index is 2.58. The molecule has 6 aromatic rings. The third-order valence-corrected chi connectivity index (χ3v) is 11.7. The Balaban J connectivity index is 0.00000260. The lowest BCUT2D eigenvalue weighted by Crippen LogP contribution is -3.00. The van der Waals surface area contributed by atoms with Gasteiger partial charge in [0.2, 0.25) is 0 Å². The SMILES string of the molecule is CC[N+](CC)(CCCCCC[N+](CC)(CC)CCn1c2ccccc2c2ccccc21)CCn1c2ccccc2c2ccccc21.[Br-].[Br-]. The monoisotopic (exact) mass is 774 g/mol. The highest BCUT2D eigenvalue weighted by molar-refractivity contribution is 6.08. The number of fused-ring (bicyclic) bond motifs is 6. The molecule has 0 fully saturated rings. The first kappa shape index (κ1) is 38.2. The summed E-state index contributed by atoms with van der Waals surface area (Å²) in [5.41, 5.74) is 5.50. The van der Waals surface area contributed by atoms with Gasteiger partial charge in [0.05, 0.1) is 65.4 Å². The number of hydrogen-bond donors (Lipinski definition) is 0. The van der Waals surface area contributed by atoms with Gasteiger partial charge in [-0.15, -0.1) is 0 Å². The van der Waals surface area contributed by atoms with Crippen molar-refractivity contribution in [2.45, 2.75) is 66.5 Å². The van der Waals surface area contributed by atoms with E-state index in [0.29, 0.717) is 0 Å². The van der Waals surface area contributed by atoms with Gasteiger partial charge in [0, 0.05) is 43.6 Å². The lowest BCUT2D eigenvalue weighted by Gasteiger charge is -2.38. The molecule has 6 heteroatoms. The van der Waals surface area contributed by atoms with Crippen LogP contribution in [0.15, 0.2) is 97.1 Å². The smallest absolute Gasteiger partial charge is 0.0968 e. The predicted octanol–water partition coefficient (Wildman–Crippen LogP) is 3.88. The van der Waals surface area contributed by atoms with Crippen LogP contribution < -0.4 is 34.0 Å². The van der Waals surface area contributed by atoms with Crippen molar-refractivity contribution in [3.63, 3.8) is 0 Å². The second kappa shape index (κ2) is 17.3. The third-order valence-electron chi connectivity index (χ3n) is 11.7. The highest BCUT2D eigenvalue weighted by Crippen LogP contribution is 2.30. The van der Waals surface area contributed by atoms with Gasteiger partial charge in [-0.05, 0) is 77.6 Å². The fourth-order valence-electron chi connectivity index (χ4n) is 8.30. The topological polar surface area (TPSA) is 9.86 Å². The zero-order valence-corrected chi connectivity index (χ0v) is 32.9. The van der Waals surface area contributed by atoms with E-state index in [2.05, 4.69) is 134 Å². The van der Waals surface area contributed by atoms with Gasteiger partial charge in [-0.25, -0.2) is 0 Å². The van der Waals surface area contributed by atoms with Crippen LogP contribution in [-0.4, -0.2) is 70.5 Å². The van der Waals surface area contributed by atoms with E-state index in [1.165, 1.54) is 131 Å². The summed E-state index contributed by atoms with van der Waals surface area (Å²) >= 11 is 0. The molecule has 0 aliphatic heterocycles. The summed E-state index contributed by atoms with van der Waals surface area (Å²) in [7, 11) is 0. The maximum Gasteiger partial charge on any atom is 0.0968 e. The summed E-state index contributed by atoms with van der Waals surface area (Å²) in [6.45, 7) is 21.6. The van der Waals surface area contributed by atoms with Crippen molar-refractivity contribution in [1.82, 2.24) is 9.13 Å². The van der Waals surface area contributed by atoms with E-state index in [1.807, 2.05) is 0 Å². The molecule has 4 nitrogen and oxygen atoms in total. The lowest BCUT2D eigenvalue weighted by atomic mass is 10.1. The van der Waals surface area contributed by atoms with E-state index in [4.69, 9.17) is 0 Å². The molecule has 0 amide bonds. The average Bonchev–Trinajstić information content (AvgIpc) is 3.62. The van der Waals surface area contributed by atoms with Gasteiger partial charge in [-0.1, -0.05) is 72.8 Å². The van der Waals surface area contributed by atoms with Crippen LogP contribution in [0.5, 0.6) is 0 Å². The molecule has 6 rings (SSSR count). The minimum absolute atomic E-state index is 0. The molecule has 0 saturated carbocycles. The van der Waals surface area contributed by atoms with Crippen molar-refractivity contribution in [3.8, 4) is 0 Å². The van der Waals surface area contributed by atoms with Crippen LogP contribution in [0, 0.1) is 0 Å². The number of unbranched alkanes of at least 4 members (excludes halogenated alkanes) is 3. The van der Waals surface area contributed by atoms with Crippen LogP contribution in [0.1, 0.15) is 53.4 Å². The highest BCUT2D eigenvalue weighted by Gasteiger charge is 2.25. The van der Waals surface area contributed by atoms with E-state index in [1.54, 1.807) is 0 Å². The lowest BCUT2D eigenvalue weighted by molar-refractivity contribution is -0.926. The minimum atomic E-state index is 0. The largest absolute Gasteiger partial charge is 1.00 e. The summed E-state index contributed by atoms with van der Waals surface area (Å²) in [5, 5.41) is 5.53. The Morgan fingerprint density at radius 1 is 0.375 bits per heavy atom. The Labute approximate surface area is 310 Å². The second-order valence-corrected chi connectivity index (χ2v) is 13.6. The average molecular weight is 777 g/mol. The summed E-state index contributed by atoms with van der Waals surface area (Å²) in [4.78, 5) is 0. The third kappa shape index (κ3) is 7.72. The Hall–Kier alpha value is -2.64. The molecule has 4 aromatic carbocycles. The molecular formula is C42H56Br2N4. The molecule has 0 aliphatic carbocycles. The summed E-state index contributed by atoms with van der Waals surface area (Å²) in [6, 6.07) is 35.8. The first-order valence-electron chi connectivity index (χ1n) is 18.2. The molecule has 48 heavy (non-hydrogen) atoms. The molecular weight excluding hydrogens is 720 g/mol. The van der Waals surface area contributed by atoms with Gasteiger partial charge >= 0.3 is 0 Å². The van der Waals surface area contributed by atoms with Crippen molar-refractivity contribution in [2.75, 3.05) is 52.4 Å². The Kier molecular flexibility index (Phi) is 13.8. The number of hydrogen-bond acceptors (Lipinski definition) is 0. The van der Waals surface area contributed by atoms with E-state index in [0.717, 1.165) is 13.1 Å². The fraction of sp³-hybridized carbons (Fsp3) is 0.429. The van der Waals surface area contributed by atoms with Crippen LogP contribution in [0.2, 0.25) is 0 Å². The number of likely N-dealkylation sites (N-methyl/N-ethyl adjacent to an activating group) is 2. The number of benzene rings is 4. The number of quaternary nitrogens is 2. The van der Waals surface area contributed by atoms with E-state index in [-0.39, 0.29) is 34.0 Å². The molecule has 0 saturated heterocycles. The molecule has 0 N–H and O–H groups in total. The van der Waals surface area contributed by atoms with Crippen LogP contribution in [0.25, 0.3) is 43.6 Å². The predicted molar refractivity (Wildman–Crippen MR) is 200 cm³/mol. The van der Waals surface area contributed by atoms with Gasteiger partial charge < -0.3 is 52.1 Å². The van der Waals surface area contributed by atoms with Crippen molar-refractivity contribution in [3.05, 3.63) is 97.1 Å². The van der Waals surface area contributed by atoms with Crippen LogP contribution >= 0.6 is 0 Å². The maximum atomic E-state index is 2.58. The normalized spacial score (nSPS) is 12.2. The zero-order chi connectivity index (χ0) is 32.0. The van der Waals surface area contributed by atoms with Crippen molar-refractivity contribution in [1.29, 1.82) is 0 Å². The molecule has 0 bridgehead atoms. The zero-order valence-electron chi connectivity index (χ0n) is 29.7. The van der Waals surface area contributed by atoms with Gasteiger partial charge in [0.1, 0.15) is 0 Å². The van der Waals surface area contributed by atoms with Gasteiger partial charge in [-0.3, -0.25) is 0 Å². The molecule has 2 aromatic heterocycles. The summed E-state index contributed by atoms with van der Waals surface area (Å²) in [6.07, 6.45) is 5.34. The molecule has 0 atom stereocenters. The number of nitrogens with zero attached hydrogens (tertiary/aromatic N) is 4. The van der Waals surface area contributed by atoms with Crippen LogP contribution in [0.3, 0.4) is 0 Å². The molecule has 0 radical (unpaired) electrons. The molecule has 258 valence electrons. The Morgan fingerprint density at radius 3 is 0.917 bits per heavy atom. The summed E-state index contributed by atoms with van der Waals surface area (Å²) in [5.74, 6) is 0. The molecule has 0 aliphatic rings. The standard InChI is InChI=1S/C42H56N4.2BrH/c1-5-45(6-2,33-29-43-39-25-15-11-21-35(39)36-22-12-16-26-40(36)43)31-19-9-10-20-32-46(7-3,8-4)34-30-44-41-27-17-13-23-37(41)38-24-14-18-28-42(38)44;;/h11-18,21-28H,5-10,19-20,29-34H2,1-4H3;2*1H/q+2;;/p-2. The van der Waals surface area contributed by atoms with Crippen LogP contribution in [0.4, 0.5) is 0 Å². The van der Waals surface area contributed by atoms with E-state index < -0.39 is 0 Å². The fourth-order valence-corrected chi connectivity index (χ4v) is 8.30. The number of para-hydroxylation sites is 4. The van der Waals surface area contributed by atoms with Crippen molar-refractivity contribution in [2.24, 2.45) is 0 Å². The minimum Gasteiger partial charge on any atom is -1.00 e. The van der Waals surface area contributed by atoms with Gasteiger partial charge in [0.15, 0.2) is 0 Å². The second-order valence-electron chi connectivity index (χ2n) is 13.6. The molecule has 2 heterocycles. The van der Waals surface area contributed by atoms with E-state index >= 15 is 0 Å². The number of rotatable bonds is 17. The van der Waals surface area contributed by atoms with Crippen molar-refractivity contribution < 1.29 is 42.9 Å². The van der Waals surface area contributed by atoms with Crippen LogP contribution in [-0.2, 0) is 13.1 Å². The summed E-state index contributed by atoms with van der Waals surface area (Å²) < 4.78 is 7.58. The number of aromatic nitrogens is 2. The first-order chi connectivity index (χ1) is 22.6.